The first-order valence-corrected chi connectivity index (χ1v) is 9.19. The second-order valence-corrected chi connectivity index (χ2v) is 6.71. The van der Waals surface area contributed by atoms with Crippen LogP contribution in [0.3, 0.4) is 0 Å². The number of urea groups is 1. The van der Waals surface area contributed by atoms with Crippen molar-refractivity contribution in [2.75, 3.05) is 17.7 Å². The summed E-state index contributed by atoms with van der Waals surface area (Å²) in [6.07, 6.45) is 1.44. The van der Waals surface area contributed by atoms with Crippen LogP contribution in [0.1, 0.15) is 10.5 Å². The number of rotatable bonds is 6. The quantitative estimate of drug-likeness (QED) is 0.508. The molecule has 0 saturated carbocycles. The fourth-order valence-electron chi connectivity index (χ4n) is 2.41. The van der Waals surface area contributed by atoms with Crippen molar-refractivity contribution in [3.63, 3.8) is 0 Å². The topological polar surface area (TPSA) is 116 Å². The molecule has 29 heavy (non-hydrogen) atoms. The van der Waals surface area contributed by atoms with Crippen LogP contribution in [0.2, 0.25) is 0 Å². The Kier molecular flexibility index (Phi) is 6.30. The van der Waals surface area contributed by atoms with Crippen molar-refractivity contribution >= 4 is 39.2 Å². The lowest BCUT2D eigenvalue weighted by Crippen LogP contribution is -2.19. The molecular formula is C20H17BrN4O4. The van der Waals surface area contributed by atoms with Crippen molar-refractivity contribution in [1.29, 1.82) is 0 Å². The Morgan fingerprint density at radius 2 is 1.76 bits per heavy atom. The molecule has 0 bridgehead atoms. The summed E-state index contributed by atoms with van der Waals surface area (Å²) in [7, 11) is 1.53. The van der Waals surface area contributed by atoms with Crippen LogP contribution in [0.5, 0.6) is 17.2 Å². The van der Waals surface area contributed by atoms with E-state index in [1.165, 1.54) is 19.4 Å². The summed E-state index contributed by atoms with van der Waals surface area (Å²) in [5.41, 5.74) is 6.42. The lowest BCUT2D eigenvalue weighted by molar-refractivity contribution is 0.0995. The average Bonchev–Trinajstić information content (AvgIpc) is 2.70. The van der Waals surface area contributed by atoms with E-state index in [0.717, 1.165) is 4.47 Å². The minimum absolute atomic E-state index is 0.112. The maximum atomic E-state index is 12.3. The highest BCUT2D eigenvalue weighted by atomic mass is 79.9. The van der Waals surface area contributed by atoms with E-state index < -0.39 is 11.9 Å². The number of carbonyl (C=O) groups is 2. The first kappa shape index (κ1) is 20.2. The molecule has 0 atom stereocenters. The van der Waals surface area contributed by atoms with Gasteiger partial charge in [0.05, 0.1) is 12.8 Å². The number of carbonyl (C=O) groups excluding carboxylic acids is 2. The van der Waals surface area contributed by atoms with Crippen LogP contribution in [-0.2, 0) is 0 Å². The van der Waals surface area contributed by atoms with E-state index in [0.29, 0.717) is 28.6 Å². The maximum Gasteiger partial charge on any atom is 0.323 e. The van der Waals surface area contributed by atoms with Crippen LogP contribution in [-0.4, -0.2) is 24.0 Å². The number of benzene rings is 2. The molecular weight excluding hydrogens is 440 g/mol. The number of nitrogens with two attached hydrogens (primary N) is 1. The second kappa shape index (κ2) is 9.07. The van der Waals surface area contributed by atoms with Crippen LogP contribution in [0.4, 0.5) is 16.2 Å². The number of nitrogens with zero attached hydrogens (tertiary/aromatic N) is 1. The zero-order chi connectivity index (χ0) is 20.8. The molecule has 3 aromatic rings. The molecule has 0 fully saturated rings. The summed E-state index contributed by atoms with van der Waals surface area (Å²) in [5, 5.41) is 5.46. The van der Waals surface area contributed by atoms with Gasteiger partial charge < -0.3 is 25.8 Å². The number of aromatic nitrogens is 1. The standard InChI is InChI=1S/C20H17BrN4O4/c1-28-18-7-2-12(21)10-16(18)25-20(27)24-13-3-5-14(6-4-13)29-15-8-9-23-17(11-15)19(22)26/h2-11H,1H3,(H2,22,26)(H2,24,25,27). The van der Waals surface area contributed by atoms with Gasteiger partial charge in [-0.1, -0.05) is 15.9 Å². The Bertz CT molecular complexity index is 1040. The molecule has 0 saturated heterocycles. The number of halogens is 1. The SMILES string of the molecule is COc1ccc(Br)cc1NC(=O)Nc1ccc(Oc2ccnc(C(N)=O)c2)cc1. The first-order chi connectivity index (χ1) is 13.9. The van der Waals surface area contributed by atoms with E-state index in [9.17, 15) is 9.59 Å². The predicted molar refractivity (Wildman–Crippen MR) is 113 cm³/mol. The smallest absolute Gasteiger partial charge is 0.323 e. The van der Waals surface area contributed by atoms with Crippen molar-refractivity contribution in [2.24, 2.45) is 5.73 Å². The first-order valence-electron chi connectivity index (χ1n) is 8.40. The third-order valence-electron chi connectivity index (χ3n) is 3.74. The van der Waals surface area contributed by atoms with Crippen molar-refractivity contribution in [3.05, 3.63) is 71.0 Å². The van der Waals surface area contributed by atoms with Crippen LogP contribution in [0.15, 0.2) is 65.3 Å². The predicted octanol–water partition coefficient (Wildman–Crippen LogP) is 4.39. The molecule has 4 N–H and O–H groups in total. The highest BCUT2D eigenvalue weighted by molar-refractivity contribution is 9.10. The molecule has 9 heteroatoms. The van der Waals surface area contributed by atoms with E-state index in [4.69, 9.17) is 15.2 Å². The molecule has 3 amide bonds. The van der Waals surface area contributed by atoms with Gasteiger partial charge in [-0.15, -0.1) is 0 Å². The summed E-state index contributed by atoms with van der Waals surface area (Å²) >= 11 is 3.36. The number of methoxy groups -OCH3 is 1. The van der Waals surface area contributed by atoms with Gasteiger partial charge in [-0.05, 0) is 48.5 Å². The van der Waals surface area contributed by atoms with Gasteiger partial charge in [0.25, 0.3) is 5.91 Å². The molecule has 1 aromatic heterocycles. The minimum Gasteiger partial charge on any atom is -0.495 e. The fraction of sp³-hybridized carbons (Fsp3) is 0.0500. The summed E-state index contributed by atoms with van der Waals surface area (Å²) in [5.74, 6) is 0.850. The monoisotopic (exact) mass is 456 g/mol. The highest BCUT2D eigenvalue weighted by Gasteiger charge is 2.09. The number of amides is 3. The summed E-state index contributed by atoms with van der Waals surface area (Å²) < 4.78 is 11.7. The van der Waals surface area contributed by atoms with E-state index in [-0.39, 0.29) is 5.69 Å². The van der Waals surface area contributed by atoms with Gasteiger partial charge in [0.2, 0.25) is 0 Å². The lowest BCUT2D eigenvalue weighted by atomic mass is 10.3. The zero-order valence-electron chi connectivity index (χ0n) is 15.3. The molecule has 0 aliphatic rings. The Morgan fingerprint density at radius 3 is 2.45 bits per heavy atom. The average molecular weight is 457 g/mol. The number of nitrogens with one attached hydrogen (secondary N) is 2. The van der Waals surface area contributed by atoms with Gasteiger partial charge in [-0.25, -0.2) is 4.79 Å². The van der Waals surface area contributed by atoms with E-state index in [2.05, 4.69) is 31.5 Å². The lowest BCUT2D eigenvalue weighted by Gasteiger charge is -2.12. The third-order valence-corrected chi connectivity index (χ3v) is 4.23. The molecule has 3 rings (SSSR count). The van der Waals surface area contributed by atoms with Crippen LogP contribution < -0.4 is 25.8 Å². The van der Waals surface area contributed by atoms with Crippen molar-refractivity contribution in [3.8, 4) is 17.2 Å². The number of ether oxygens (including phenoxy) is 2. The van der Waals surface area contributed by atoms with Gasteiger partial charge in [0.1, 0.15) is 22.9 Å². The minimum atomic E-state index is -0.636. The summed E-state index contributed by atoms with van der Waals surface area (Å²) in [6, 6.07) is 14.7. The summed E-state index contributed by atoms with van der Waals surface area (Å²) in [6.45, 7) is 0. The number of primary amides is 1. The van der Waals surface area contributed by atoms with Gasteiger partial charge in [-0.2, -0.15) is 0 Å². The van der Waals surface area contributed by atoms with Gasteiger partial charge >= 0.3 is 6.03 Å². The molecule has 0 spiro atoms. The fourth-order valence-corrected chi connectivity index (χ4v) is 2.78. The van der Waals surface area contributed by atoms with Crippen LogP contribution in [0, 0.1) is 0 Å². The molecule has 0 radical (unpaired) electrons. The molecule has 148 valence electrons. The second-order valence-electron chi connectivity index (χ2n) is 5.79. The van der Waals surface area contributed by atoms with Crippen molar-refractivity contribution in [1.82, 2.24) is 4.98 Å². The molecule has 1 heterocycles. The number of anilines is 2. The van der Waals surface area contributed by atoms with Crippen LogP contribution >= 0.6 is 15.9 Å². The Labute approximate surface area is 175 Å². The van der Waals surface area contributed by atoms with Crippen molar-refractivity contribution < 1.29 is 19.1 Å². The Morgan fingerprint density at radius 1 is 1.00 bits per heavy atom. The van der Waals surface area contributed by atoms with Crippen LogP contribution in [0.25, 0.3) is 0 Å². The molecule has 0 unspecified atom stereocenters. The molecule has 2 aromatic carbocycles. The van der Waals surface area contributed by atoms with E-state index in [1.807, 2.05) is 6.07 Å². The largest absolute Gasteiger partial charge is 0.495 e. The van der Waals surface area contributed by atoms with Gasteiger partial charge in [-0.3, -0.25) is 9.78 Å². The number of pyridine rings is 1. The van der Waals surface area contributed by atoms with Gasteiger partial charge in [0, 0.05) is 22.4 Å². The van der Waals surface area contributed by atoms with E-state index >= 15 is 0 Å². The maximum absolute atomic E-state index is 12.3. The van der Waals surface area contributed by atoms with E-state index in [1.54, 1.807) is 42.5 Å². The zero-order valence-corrected chi connectivity index (χ0v) is 16.9. The molecule has 0 aliphatic carbocycles. The third kappa shape index (κ3) is 5.45. The van der Waals surface area contributed by atoms with Crippen molar-refractivity contribution in [2.45, 2.75) is 0 Å². The number of hydrogen-bond donors (Lipinski definition) is 3. The Balaban J connectivity index is 1.63. The molecule has 0 aliphatic heterocycles. The Hall–Kier alpha value is -3.59. The summed E-state index contributed by atoms with van der Waals surface area (Å²) in [4.78, 5) is 27.3. The molecule has 8 nitrogen and oxygen atoms in total. The van der Waals surface area contributed by atoms with Gasteiger partial charge in [0.15, 0.2) is 0 Å². The highest BCUT2D eigenvalue weighted by Crippen LogP contribution is 2.28. The number of hydrogen-bond acceptors (Lipinski definition) is 5. The normalized spacial score (nSPS) is 10.1.